The van der Waals surface area contributed by atoms with Crippen LogP contribution in [0.3, 0.4) is 0 Å². The molecular formula is C34H37F6N3O5. The summed E-state index contributed by atoms with van der Waals surface area (Å²) in [5.41, 5.74) is -1.09. The Morgan fingerprint density at radius 2 is 1.67 bits per heavy atom. The summed E-state index contributed by atoms with van der Waals surface area (Å²) in [5.74, 6) is -0.303. The number of aryl methyl sites for hydroxylation is 1. The number of carbonyl (C=O) groups is 2. The van der Waals surface area contributed by atoms with E-state index < -0.39 is 47.6 Å². The number of amides is 1. The van der Waals surface area contributed by atoms with Crippen LogP contribution >= 0.6 is 0 Å². The number of aliphatic carboxylic acids is 1. The van der Waals surface area contributed by atoms with E-state index in [0.717, 1.165) is 5.56 Å². The Morgan fingerprint density at radius 1 is 0.979 bits per heavy atom. The molecule has 1 N–H and O–H groups in total. The number of rotatable bonds is 12. The van der Waals surface area contributed by atoms with E-state index in [1.807, 2.05) is 26.0 Å². The van der Waals surface area contributed by atoms with Crippen LogP contribution in [0.15, 0.2) is 54.7 Å². The van der Waals surface area contributed by atoms with E-state index in [2.05, 4.69) is 4.98 Å². The van der Waals surface area contributed by atoms with Crippen molar-refractivity contribution in [2.24, 2.45) is 0 Å². The van der Waals surface area contributed by atoms with Crippen LogP contribution in [0.5, 0.6) is 5.75 Å². The molecule has 1 amide bonds. The molecule has 3 aromatic rings. The molecule has 0 saturated heterocycles. The Bertz CT molecular complexity index is 1550. The summed E-state index contributed by atoms with van der Waals surface area (Å²) in [7, 11) is 0. The number of ether oxygens (including phenoxy) is 2. The number of pyridine rings is 1. The summed E-state index contributed by atoms with van der Waals surface area (Å²) in [6.07, 6.45) is -7.56. The number of hydrogen-bond acceptors (Lipinski definition) is 6. The number of unbranched alkanes of at least 4 members (excludes halogenated alkanes) is 1. The molecule has 0 saturated carbocycles. The number of alkyl halides is 6. The molecule has 0 unspecified atom stereocenters. The van der Waals surface area contributed by atoms with Crippen LogP contribution in [0, 0.1) is 6.92 Å². The minimum atomic E-state index is -5.02. The fraction of sp³-hybridized carbons (Fsp3) is 0.441. The zero-order valence-electron chi connectivity index (χ0n) is 26.7. The lowest BCUT2D eigenvalue weighted by Gasteiger charge is -2.44. The van der Waals surface area contributed by atoms with Gasteiger partial charge in [0, 0.05) is 19.0 Å². The zero-order chi connectivity index (χ0) is 35.2. The molecule has 2 heterocycles. The third kappa shape index (κ3) is 8.90. The molecule has 4 rings (SSSR count). The molecule has 260 valence electrons. The first-order valence-electron chi connectivity index (χ1n) is 15.5. The average Bonchev–Trinajstić information content (AvgIpc) is 3.02. The van der Waals surface area contributed by atoms with E-state index in [0.29, 0.717) is 48.4 Å². The van der Waals surface area contributed by atoms with Gasteiger partial charge in [-0.2, -0.15) is 26.3 Å². The fourth-order valence-electron chi connectivity index (χ4n) is 5.79. The van der Waals surface area contributed by atoms with Crippen molar-refractivity contribution in [2.45, 2.75) is 83.9 Å². The minimum Gasteiger partial charge on any atom is -0.492 e. The van der Waals surface area contributed by atoms with Gasteiger partial charge in [0.05, 0.1) is 42.3 Å². The second-order valence-corrected chi connectivity index (χ2v) is 11.5. The standard InChI is InChI=1S/C34H37F6N3O5/c1-4-25-18-29(27-14-21(3)9-11-28(27)43(25)32(46)47-5-2)42(30-12-10-26(19-41-30)48-13-7-6-8-31(44)45)20-22-15-23(33(35,36)37)17-24(16-22)34(38,39)40/h9-12,14-17,19,25,29H,4-8,13,18,20H2,1-3H3,(H,44,45)/t25-,29+/m1/s1. The number of carboxylic acid groups (broad SMARTS) is 1. The summed E-state index contributed by atoms with van der Waals surface area (Å²) >= 11 is 0. The zero-order valence-corrected chi connectivity index (χ0v) is 26.7. The predicted octanol–water partition coefficient (Wildman–Crippen LogP) is 8.95. The number of carboxylic acids is 1. The molecule has 0 radical (unpaired) electrons. The second-order valence-electron chi connectivity index (χ2n) is 11.5. The quantitative estimate of drug-likeness (QED) is 0.151. The maximum atomic E-state index is 13.8. The Balaban J connectivity index is 1.80. The van der Waals surface area contributed by atoms with Crippen molar-refractivity contribution in [3.05, 3.63) is 82.5 Å². The van der Waals surface area contributed by atoms with E-state index >= 15 is 0 Å². The van der Waals surface area contributed by atoms with E-state index in [1.165, 1.54) is 6.20 Å². The summed E-state index contributed by atoms with van der Waals surface area (Å²) < 4.78 is 93.9. The summed E-state index contributed by atoms with van der Waals surface area (Å²) in [6.45, 7) is 5.38. The van der Waals surface area contributed by atoms with Gasteiger partial charge in [0.25, 0.3) is 0 Å². The van der Waals surface area contributed by atoms with Gasteiger partial charge >= 0.3 is 24.4 Å². The van der Waals surface area contributed by atoms with Crippen LogP contribution in [0.1, 0.15) is 79.8 Å². The molecule has 0 bridgehead atoms. The van der Waals surface area contributed by atoms with Crippen LogP contribution in [-0.2, 0) is 28.4 Å². The molecule has 14 heteroatoms. The van der Waals surface area contributed by atoms with Gasteiger partial charge in [-0.1, -0.05) is 24.6 Å². The number of halogens is 6. The summed E-state index contributed by atoms with van der Waals surface area (Å²) in [4.78, 5) is 31.6. The lowest BCUT2D eigenvalue weighted by atomic mass is 9.87. The van der Waals surface area contributed by atoms with Crippen LogP contribution in [-0.4, -0.2) is 41.4 Å². The highest BCUT2D eigenvalue weighted by Crippen LogP contribution is 2.45. The van der Waals surface area contributed by atoms with E-state index in [4.69, 9.17) is 14.6 Å². The Hall–Kier alpha value is -4.49. The number of nitrogens with zero attached hydrogens (tertiary/aromatic N) is 3. The molecule has 1 aliphatic heterocycles. The number of hydrogen-bond donors (Lipinski definition) is 1. The number of anilines is 2. The second kappa shape index (κ2) is 15.2. The molecule has 0 spiro atoms. The number of aromatic nitrogens is 1. The first kappa shape index (κ1) is 36.3. The maximum absolute atomic E-state index is 13.8. The molecule has 48 heavy (non-hydrogen) atoms. The van der Waals surface area contributed by atoms with Gasteiger partial charge in [-0.3, -0.25) is 9.69 Å². The molecule has 1 aliphatic rings. The normalized spacial score (nSPS) is 16.3. The van der Waals surface area contributed by atoms with Gasteiger partial charge < -0.3 is 19.5 Å². The first-order valence-corrected chi connectivity index (χ1v) is 15.5. The molecule has 0 fully saturated rings. The molecule has 1 aromatic heterocycles. The van der Waals surface area contributed by atoms with Crippen molar-refractivity contribution < 1.29 is 50.5 Å². The van der Waals surface area contributed by atoms with Crippen molar-refractivity contribution in [3.63, 3.8) is 0 Å². The maximum Gasteiger partial charge on any atom is 0.416 e. The Morgan fingerprint density at radius 3 is 2.23 bits per heavy atom. The predicted molar refractivity (Wildman–Crippen MR) is 166 cm³/mol. The number of carbonyl (C=O) groups excluding carboxylic acids is 1. The van der Waals surface area contributed by atoms with Gasteiger partial charge in [-0.05, 0) is 87.1 Å². The number of fused-ring (bicyclic) bond motifs is 1. The fourth-order valence-corrected chi connectivity index (χ4v) is 5.79. The van der Waals surface area contributed by atoms with Crippen LogP contribution in [0.4, 0.5) is 42.6 Å². The highest BCUT2D eigenvalue weighted by atomic mass is 19.4. The van der Waals surface area contributed by atoms with Crippen LogP contribution in [0.2, 0.25) is 0 Å². The van der Waals surface area contributed by atoms with Crippen LogP contribution in [0.25, 0.3) is 0 Å². The Labute approximate surface area is 274 Å². The lowest BCUT2D eigenvalue weighted by molar-refractivity contribution is -0.143. The minimum absolute atomic E-state index is 0.00418. The summed E-state index contributed by atoms with van der Waals surface area (Å²) in [5, 5.41) is 8.82. The third-order valence-electron chi connectivity index (χ3n) is 8.04. The van der Waals surface area contributed by atoms with Crippen molar-refractivity contribution in [2.75, 3.05) is 23.0 Å². The smallest absolute Gasteiger partial charge is 0.416 e. The molecule has 2 aromatic carbocycles. The van der Waals surface area contributed by atoms with Crippen molar-refractivity contribution >= 4 is 23.6 Å². The SMILES string of the molecule is CCOC(=O)N1c2ccc(C)cc2[C@@H](N(Cc2cc(C(F)(F)F)cc(C(F)(F)F)c2)c2ccc(OCCCCC(=O)O)cn2)C[C@H]1CC. The highest BCUT2D eigenvalue weighted by Gasteiger charge is 2.40. The highest BCUT2D eigenvalue weighted by molar-refractivity contribution is 5.90. The van der Waals surface area contributed by atoms with Crippen molar-refractivity contribution in [3.8, 4) is 5.75 Å². The molecule has 2 atom stereocenters. The monoisotopic (exact) mass is 681 g/mol. The third-order valence-corrected chi connectivity index (χ3v) is 8.04. The number of benzene rings is 2. The lowest BCUT2D eigenvalue weighted by Crippen LogP contribution is -2.48. The van der Waals surface area contributed by atoms with Crippen molar-refractivity contribution in [1.82, 2.24) is 4.98 Å². The average molecular weight is 682 g/mol. The molecule has 8 nitrogen and oxygen atoms in total. The summed E-state index contributed by atoms with van der Waals surface area (Å²) in [6, 6.07) is 9.05. The van der Waals surface area contributed by atoms with E-state index in [9.17, 15) is 35.9 Å². The first-order chi connectivity index (χ1) is 22.6. The largest absolute Gasteiger partial charge is 0.492 e. The van der Waals surface area contributed by atoms with Crippen molar-refractivity contribution in [1.29, 1.82) is 0 Å². The van der Waals surface area contributed by atoms with Gasteiger partial charge in [-0.15, -0.1) is 0 Å². The topological polar surface area (TPSA) is 92.2 Å². The van der Waals surface area contributed by atoms with Gasteiger partial charge in [0.15, 0.2) is 0 Å². The van der Waals surface area contributed by atoms with Gasteiger partial charge in [-0.25, -0.2) is 9.78 Å². The van der Waals surface area contributed by atoms with E-state index in [-0.39, 0.29) is 50.0 Å². The molecule has 0 aliphatic carbocycles. The van der Waals surface area contributed by atoms with Crippen LogP contribution < -0.4 is 14.5 Å². The van der Waals surface area contributed by atoms with E-state index in [1.54, 1.807) is 34.9 Å². The Kier molecular flexibility index (Phi) is 11.5. The van der Waals surface area contributed by atoms with Gasteiger partial charge in [0.2, 0.25) is 0 Å². The molecular weight excluding hydrogens is 644 g/mol. The van der Waals surface area contributed by atoms with Gasteiger partial charge in [0.1, 0.15) is 11.6 Å².